The summed E-state index contributed by atoms with van der Waals surface area (Å²) >= 11 is 1.65. The number of pyridine rings is 1. The maximum absolute atomic E-state index is 6.04. The van der Waals surface area contributed by atoms with Crippen LogP contribution in [0.3, 0.4) is 0 Å². The van der Waals surface area contributed by atoms with Crippen LogP contribution in [0.5, 0.6) is 0 Å². The molecule has 78 valence electrons. The summed E-state index contributed by atoms with van der Waals surface area (Å²) in [6.45, 7) is 0. The molecule has 2 aromatic heterocycles. The molecular formula is C11H13N3S. The van der Waals surface area contributed by atoms with Gasteiger partial charge in [0.15, 0.2) is 0 Å². The second kappa shape index (κ2) is 5.00. The van der Waals surface area contributed by atoms with Gasteiger partial charge in [-0.05, 0) is 18.6 Å². The first kappa shape index (κ1) is 10.3. The van der Waals surface area contributed by atoms with E-state index in [1.807, 2.05) is 29.9 Å². The normalized spacial score (nSPS) is 12.6. The molecule has 0 aliphatic heterocycles. The second-order valence-corrected chi connectivity index (χ2v) is 4.43. The third-order valence-electron chi connectivity index (χ3n) is 2.14. The molecule has 3 nitrogen and oxygen atoms in total. The van der Waals surface area contributed by atoms with Crippen LogP contribution in [-0.2, 0) is 12.8 Å². The fourth-order valence-electron chi connectivity index (χ4n) is 1.46. The molecule has 0 amide bonds. The highest BCUT2D eigenvalue weighted by Gasteiger charge is 2.06. The van der Waals surface area contributed by atoms with Gasteiger partial charge in [0, 0.05) is 35.4 Å². The smallest absolute Gasteiger partial charge is 0.0794 e. The van der Waals surface area contributed by atoms with Gasteiger partial charge < -0.3 is 5.73 Å². The summed E-state index contributed by atoms with van der Waals surface area (Å²) in [6.07, 6.45) is 5.37. The molecule has 0 aliphatic carbocycles. The lowest BCUT2D eigenvalue weighted by molar-refractivity contribution is 0.659. The van der Waals surface area contributed by atoms with Gasteiger partial charge in [-0.15, -0.1) is 11.3 Å². The van der Waals surface area contributed by atoms with E-state index in [-0.39, 0.29) is 6.04 Å². The number of rotatable bonds is 4. The molecule has 1 atom stereocenters. The Morgan fingerprint density at radius 3 is 2.93 bits per heavy atom. The van der Waals surface area contributed by atoms with Gasteiger partial charge in [-0.2, -0.15) is 0 Å². The summed E-state index contributed by atoms with van der Waals surface area (Å²) in [5, 5.41) is 0. The number of nitrogens with zero attached hydrogens (tertiary/aromatic N) is 2. The van der Waals surface area contributed by atoms with Gasteiger partial charge in [0.25, 0.3) is 0 Å². The zero-order chi connectivity index (χ0) is 10.5. The van der Waals surface area contributed by atoms with Crippen molar-refractivity contribution in [3.8, 4) is 0 Å². The Morgan fingerprint density at radius 1 is 1.33 bits per heavy atom. The summed E-state index contributed by atoms with van der Waals surface area (Å²) in [5.41, 5.74) is 8.92. The predicted octanol–water partition coefficient (Wildman–Crippen LogP) is 1.65. The van der Waals surface area contributed by atoms with Crippen molar-refractivity contribution in [2.24, 2.45) is 5.73 Å². The summed E-state index contributed by atoms with van der Waals surface area (Å²) in [7, 11) is 0. The van der Waals surface area contributed by atoms with Crippen molar-refractivity contribution in [1.82, 2.24) is 9.97 Å². The second-order valence-electron chi connectivity index (χ2n) is 3.46. The van der Waals surface area contributed by atoms with Crippen LogP contribution in [0.25, 0.3) is 0 Å². The minimum atomic E-state index is 0.125. The van der Waals surface area contributed by atoms with E-state index in [0.29, 0.717) is 0 Å². The van der Waals surface area contributed by atoms with Gasteiger partial charge in [-0.25, -0.2) is 0 Å². The third kappa shape index (κ3) is 3.11. The summed E-state index contributed by atoms with van der Waals surface area (Å²) in [5.74, 6) is 0. The Balaban J connectivity index is 1.90. The van der Waals surface area contributed by atoms with Crippen molar-refractivity contribution in [3.63, 3.8) is 0 Å². The molecular weight excluding hydrogens is 206 g/mol. The van der Waals surface area contributed by atoms with Crippen molar-refractivity contribution in [3.05, 3.63) is 46.7 Å². The first-order chi connectivity index (χ1) is 7.34. The topological polar surface area (TPSA) is 51.8 Å². The molecule has 0 saturated heterocycles. The Morgan fingerprint density at radius 2 is 2.27 bits per heavy atom. The Kier molecular flexibility index (Phi) is 3.42. The first-order valence-corrected chi connectivity index (χ1v) is 5.75. The van der Waals surface area contributed by atoms with E-state index in [2.05, 4.69) is 9.97 Å². The van der Waals surface area contributed by atoms with Gasteiger partial charge in [0.2, 0.25) is 0 Å². The lowest BCUT2D eigenvalue weighted by Gasteiger charge is -2.08. The molecule has 4 heteroatoms. The molecule has 0 spiro atoms. The fraction of sp³-hybridized carbons (Fsp3) is 0.273. The van der Waals surface area contributed by atoms with E-state index in [0.717, 1.165) is 18.5 Å². The third-order valence-corrected chi connectivity index (χ3v) is 2.95. The van der Waals surface area contributed by atoms with Crippen LogP contribution in [0.15, 0.2) is 36.1 Å². The summed E-state index contributed by atoms with van der Waals surface area (Å²) < 4.78 is 0. The Hall–Kier alpha value is -1.26. The van der Waals surface area contributed by atoms with Crippen LogP contribution in [0.4, 0.5) is 0 Å². The average molecular weight is 219 g/mol. The quantitative estimate of drug-likeness (QED) is 0.850. The minimum absolute atomic E-state index is 0.125. The summed E-state index contributed by atoms with van der Waals surface area (Å²) in [6, 6.07) is 6.03. The minimum Gasteiger partial charge on any atom is -0.327 e. The van der Waals surface area contributed by atoms with Gasteiger partial charge in [-0.1, -0.05) is 6.07 Å². The molecule has 0 bridgehead atoms. The van der Waals surface area contributed by atoms with Crippen LogP contribution in [0.2, 0.25) is 0 Å². The van der Waals surface area contributed by atoms with Crippen LogP contribution >= 0.6 is 11.3 Å². The van der Waals surface area contributed by atoms with E-state index >= 15 is 0 Å². The molecule has 2 aromatic rings. The molecule has 2 heterocycles. The summed E-state index contributed by atoms with van der Waals surface area (Å²) in [4.78, 5) is 9.52. The standard InChI is InChI=1S/C11H13N3S/c12-9(6-11-7-13-8-15-11)5-10-3-1-2-4-14-10/h1-4,7-9H,5-6,12H2. The molecule has 2 N–H and O–H groups in total. The molecule has 0 fully saturated rings. The SMILES string of the molecule is NC(Cc1ccccn1)Cc1cncs1. The van der Waals surface area contributed by atoms with E-state index < -0.39 is 0 Å². The number of hydrogen-bond donors (Lipinski definition) is 1. The van der Waals surface area contributed by atoms with Crippen molar-refractivity contribution in [2.45, 2.75) is 18.9 Å². The van der Waals surface area contributed by atoms with Crippen molar-refractivity contribution < 1.29 is 0 Å². The van der Waals surface area contributed by atoms with E-state index in [9.17, 15) is 0 Å². The lowest BCUT2D eigenvalue weighted by atomic mass is 10.1. The zero-order valence-corrected chi connectivity index (χ0v) is 9.15. The van der Waals surface area contributed by atoms with Crippen molar-refractivity contribution in [1.29, 1.82) is 0 Å². The van der Waals surface area contributed by atoms with Crippen LogP contribution in [0, 0.1) is 0 Å². The van der Waals surface area contributed by atoms with Crippen LogP contribution in [0.1, 0.15) is 10.6 Å². The molecule has 0 aliphatic rings. The number of nitrogens with two attached hydrogens (primary N) is 1. The number of hydrogen-bond acceptors (Lipinski definition) is 4. The Bertz CT molecular complexity index is 385. The largest absolute Gasteiger partial charge is 0.327 e. The lowest BCUT2D eigenvalue weighted by Crippen LogP contribution is -2.25. The molecule has 2 rings (SSSR count). The van der Waals surface area contributed by atoms with Gasteiger partial charge >= 0.3 is 0 Å². The highest BCUT2D eigenvalue weighted by atomic mass is 32.1. The van der Waals surface area contributed by atoms with Crippen LogP contribution < -0.4 is 5.73 Å². The van der Waals surface area contributed by atoms with Gasteiger partial charge in [-0.3, -0.25) is 9.97 Å². The fourth-order valence-corrected chi connectivity index (χ4v) is 2.15. The maximum Gasteiger partial charge on any atom is 0.0794 e. The number of thiazole rings is 1. The Labute approximate surface area is 93.0 Å². The van der Waals surface area contributed by atoms with Gasteiger partial charge in [0.1, 0.15) is 0 Å². The van der Waals surface area contributed by atoms with Crippen LogP contribution in [-0.4, -0.2) is 16.0 Å². The zero-order valence-electron chi connectivity index (χ0n) is 8.34. The van der Waals surface area contributed by atoms with Crippen molar-refractivity contribution >= 4 is 11.3 Å². The molecule has 15 heavy (non-hydrogen) atoms. The van der Waals surface area contributed by atoms with E-state index in [4.69, 9.17) is 5.73 Å². The van der Waals surface area contributed by atoms with Crippen molar-refractivity contribution in [2.75, 3.05) is 0 Å². The maximum atomic E-state index is 6.04. The monoisotopic (exact) mass is 219 g/mol. The average Bonchev–Trinajstić information content (AvgIpc) is 2.71. The highest BCUT2D eigenvalue weighted by Crippen LogP contribution is 2.09. The van der Waals surface area contributed by atoms with Gasteiger partial charge in [0.05, 0.1) is 5.51 Å². The van der Waals surface area contributed by atoms with E-state index in [1.165, 1.54) is 4.88 Å². The van der Waals surface area contributed by atoms with E-state index in [1.54, 1.807) is 17.5 Å². The first-order valence-electron chi connectivity index (χ1n) is 4.87. The molecule has 0 aromatic carbocycles. The predicted molar refractivity (Wildman–Crippen MR) is 61.7 cm³/mol. The highest BCUT2D eigenvalue weighted by molar-refractivity contribution is 7.09. The molecule has 1 unspecified atom stereocenters. The number of aromatic nitrogens is 2. The molecule has 0 radical (unpaired) electrons. The molecule has 0 saturated carbocycles.